The first-order valence-electron chi connectivity index (χ1n) is 7.54. The number of amides is 1. The summed E-state index contributed by atoms with van der Waals surface area (Å²) in [5, 5.41) is 11.9. The molecule has 0 bridgehead atoms. The molecule has 1 aromatic carbocycles. The molecule has 3 nitrogen and oxygen atoms in total. The monoisotopic (exact) mass is 285 g/mol. The van der Waals surface area contributed by atoms with E-state index in [9.17, 15) is 4.79 Å². The van der Waals surface area contributed by atoms with E-state index in [2.05, 4.69) is 31.0 Å². The van der Waals surface area contributed by atoms with Gasteiger partial charge in [-0.25, -0.2) is 0 Å². The van der Waals surface area contributed by atoms with Crippen molar-refractivity contribution in [1.82, 2.24) is 5.32 Å². The predicted octanol–water partition coefficient (Wildman–Crippen LogP) is 2.73. The van der Waals surface area contributed by atoms with Crippen molar-refractivity contribution in [2.75, 3.05) is 6.61 Å². The largest absolute Gasteiger partial charge is 0.395 e. The first-order chi connectivity index (χ1) is 10.0. The summed E-state index contributed by atoms with van der Waals surface area (Å²) in [6, 6.07) is 7.60. The Morgan fingerprint density at radius 3 is 2.86 bits per heavy atom. The van der Waals surface area contributed by atoms with E-state index < -0.39 is 0 Å². The smallest absolute Gasteiger partial charge is 0.252 e. The number of aliphatic hydroxyl groups is 1. The summed E-state index contributed by atoms with van der Waals surface area (Å²) in [6.45, 7) is 4.45. The van der Waals surface area contributed by atoms with E-state index in [1.807, 2.05) is 18.2 Å². The van der Waals surface area contributed by atoms with E-state index in [-0.39, 0.29) is 24.0 Å². The van der Waals surface area contributed by atoms with Crippen LogP contribution in [0.25, 0.3) is 0 Å². The topological polar surface area (TPSA) is 49.3 Å². The van der Waals surface area contributed by atoms with Crippen LogP contribution < -0.4 is 5.32 Å². The molecule has 0 heterocycles. The second-order valence-corrected chi connectivity index (χ2v) is 6.23. The minimum Gasteiger partial charge on any atom is -0.395 e. The number of aliphatic hydroxyl groups excluding tert-OH is 1. The molecule has 0 aromatic heterocycles. The fourth-order valence-corrected chi connectivity index (χ4v) is 2.83. The maximum absolute atomic E-state index is 12.5. The standard InChI is InChI=1S/C18H23NO2/c1-18(2)12-7-11-16(18)19-17(21)15-10-4-3-8-14(15)9-5-6-13-20/h3-4,8,10,16,20H,6-7,11-13H2,1-2H3,(H,19,21). The normalized spacial score (nSPS) is 19.7. The Kier molecular flexibility index (Phi) is 5.03. The zero-order valence-corrected chi connectivity index (χ0v) is 12.8. The summed E-state index contributed by atoms with van der Waals surface area (Å²) in [6.07, 6.45) is 3.77. The van der Waals surface area contributed by atoms with E-state index in [4.69, 9.17) is 5.11 Å². The molecule has 2 N–H and O–H groups in total. The number of nitrogens with one attached hydrogen (secondary N) is 1. The zero-order valence-electron chi connectivity index (χ0n) is 12.8. The van der Waals surface area contributed by atoms with Crippen LogP contribution in [-0.4, -0.2) is 23.7 Å². The number of benzene rings is 1. The van der Waals surface area contributed by atoms with Crippen LogP contribution in [0.3, 0.4) is 0 Å². The SMILES string of the molecule is CC1(C)CCCC1NC(=O)c1ccccc1C#CCCO. The third-order valence-electron chi connectivity index (χ3n) is 4.19. The van der Waals surface area contributed by atoms with Gasteiger partial charge in [-0.3, -0.25) is 4.79 Å². The van der Waals surface area contributed by atoms with E-state index >= 15 is 0 Å². The van der Waals surface area contributed by atoms with Gasteiger partial charge in [0.2, 0.25) is 0 Å². The minimum absolute atomic E-state index is 0.0393. The van der Waals surface area contributed by atoms with Crippen LogP contribution in [0.1, 0.15) is 55.5 Å². The molecule has 0 spiro atoms. The van der Waals surface area contributed by atoms with Crippen LogP contribution in [0.5, 0.6) is 0 Å². The third-order valence-corrected chi connectivity index (χ3v) is 4.19. The molecule has 21 heavy (non-hydrogen) atoms. The molecule has 1 fully saturated rings. The van der Waals surface area contributed by atoms with Gasteiger partial charge >= 0.3 is 0 Å². The number of carbonyl (C=O) groups is 1. The molecular weight excluding hydrogens is 262 g/mol. The summed E-state index contributed by atoms with van der Waals surface area (Å²) >= 11 is 0. The number of rotatable bonds is 3. The maximum Gasteiger partial charge on any atom is 0.252 e. The Bertz CT molecular complexity index is 566. The highest BCUT2D eigenvalue weighted by Gasteiger charge is 2.35. The zero-order chi connectivity index (χ0) is 15.3. The van der Waals surface area contributed by atoms with Gasteiger partial charge in [-0.05, 0) is 30.4 Å². The van der Waals surface area contributed by atoms with Crippen molar-refractivity contribution in [1.29, 1.82) is 0 Å². The van der Waals surface area contributed by atoms with Crippen molar-refractivity contribution in [2.24, 2.45) is 5.41 Å². The molecule has 1 aromatic rings. The second-order valence-electron chi connectivity index (χ2n) is 6.23. The maximum atomic E-state index is 12.5. The Labute approximate surface area is 126 Å². The van der Waals surface area contributed by atoms with Gasteiger partial charge in [0.15, 0.2) is 0 Å². The number of hydrogen-bond acceptors (Lipinski definition) is 2. The van der Waals surface area contributed by atoms with Gasteiger partial charge in [0, 0.05) is 18.0 Å². The number of hydrogen-bond donors (Lipinski definition) is 2. The van der Waals surface area contributed by atoms with Gasteiger partial charge < -0.3 is 10.4 Å². The van der Waals surface area contributed by atoms with Crippen molar-refractivity contribution in [3.05, 3.63) is 35.4 Å². The van der Waals surface area contributed by atoms with E-state index in [0.29, 0.717) is 12.0 Å². The van der Waals surface area contributed by atoms with Crippen LogP contribution in [0.15, 0.2) is 24.3 Å². The second kappa shape index (κ2) is 6.78. The number of carbonyl (C=O) groups excluding carboxylic acids is 1. The first kappa shape index (κ1) is 15.6. The Morgan fingerprint density at radius 2 is 2.19 bits per heavy atom. The van der Waals surface area contributed by atoms with E-state index in [0.717, 1.165) is 24.8 Å². The van der Waals surface area contributed by atoms with Gasteiger partial charge in [-0.2, -0.15) is 0 Å². The predicted molar refractivity (Wildman–Crippen MR) is 83.9 cm³/mol. The lowest BCUT2D eigenvalue weighted by atomic mass is 9.87. The van der Waals surface area contributed by atoms with Gasteiger partial charge in [0.1, 0.15) is 0 Å². The Morgan fingerprint density at radius 1 is 1.43 bits per heavy atom. The van der Waals surface area contributed by atoms with Crippen LogP contribution in [0, 0.1) is 17.3 Å². The van der Waals surface area contributed by atoms with Crippen molar-refractivity contribution >= 4 is 5.91 Å². The van der Waals surface area contributed by atoms with Gasteiger partial charge in [0.05, 0.1) is 12.2 Å². The van der Waals surface area contributed by atoms with Gasteiger partial charge in [0.25, 0.3) is 5.91 Å². The lowest BCUT2D eigenvalue weighted by Crippen LogP contribution is -2.41. The van der Waals surface area contributed by atoms with Crippen LogP contribution >= 0.6 is 0 Å². The van der Waals surface area contributed by atoms with Crippen LogP contribution in [0.2, 0.25) is 0 Å². The summed E-state index contributed by atoms with van der Waals surface area (Å²) < 4.78 is 0. The molecule has 1 unspecified atom stereocenters. The van der Waals surface area contributed by atoms with Crippen LogP contribution in [-0.2, 0) is 0 Å². The first-order valence-corrected chi connectivity index (χ1v) is 7.54. The molecule has 0 radical (unpaired) electrons. The molecule has 2 rings (SSSR count). The Balaban J connectivity index is 2.15. The summed E-state index contributed by atoms with van der Waals surface area (Å²) in [7, 11) is 0. The molecule has 0 aliphatic heterocycles. The lowest BCUT2D eigenvalue weighted by Gasteiger charge is -2.28. The molecular formula is C18H23NO2. The lowest BCUT2D eigenvalue weighted by molar-refractivity contribution is 0.0910. The molecule has 3 heteroatoms. The van der Waals surface area contributed by atoms with Crippen molar-refractivity contribution in [3.63, 3.8) is 0 Å². The highest BCUT2D eigenvalue weighted by Crippen LogP contribution is 2.37. The third kappa shape index (κ3) is 3.86. The summed E-state index contributed by atoms with van der Waals surface area (Å²) in [5.74, 6) is 5.79. The van der Waals surface area contributed by atoms with Gasteiger partial charge in [-0.1, -0.05) is 44.2 Å². The van der Waals surface area contributed by atoms with Crippen LogP contribution in [0.4, 0.5) is 0 Å². The fraction of sp³-hybridized carbons (Fsp3) is 0.500. The molecule has 1 amide bonds. The quantitative estimate of drug-likeness (QED) is 0.839. The van der Waals surface area contributed by atoms with E-state index in [1.165, 1.54) is 0 Å². The van der Waals surface area contributed by atoms with E-state index in [1.54, 1.807) is 6.07 Å². The molecule has 0 saturated heterocycles. The summed E-state index contributed by atoms with van der Waals surface area (Å²) in [4.78, 5) is 12.5. The highest BCUT2D eigenvalue weighted by molar-refractivity contribution is 5.97. The van der Waals surface area contributed by atoms with Gasteiger partial charge in [-0.15, -0.1) is 0 Å². The average molecular weight is 285 g/mol. The van der Waals surface area contributed by atoms with Crippen molar-refractivity contribution < 1.29 is 9.90 Å². The Hall–Kier alpha value is -1.79. The molecule has 1 aliphatic rings. The molecule has 1 aliphatic carbocycles. The van der Waals surface area contributed by atoms with Crippen molar-refractivity contribution in [3.8, 4) is 11.8 Å². The minimum atomic E-state index is -0.0520. The highest BCUT2D eigenvalue weighted by atomic mass is 16.2. The fourth-order valence-electron chi connectivity index (χ4n) is 2.83. The molecule has 112 valence electrons. The molecule has 1 saturated carbocycles. The summed E-state index contributed by atoms with van der Waals surface area (Å²) in [5.41, 5.74) is 1.50. The average Bonchev–Trinajstić information content (AvgIpc) is 2.78. The molecule has 1 atom stereocenters. The van der Waals surface area contributed by atoms with Crippen molar-refractivity contribution in [2.45, 2.75) is 45.6 Å².